The molecule has 10 rings (SSSR count). The van der Waals surface area contributed by atoms with E-state index in [1.165, 1.54) is 0 Å². The number of hydrogen-bond donors (Lipinski definition) is 1. The van der Waals surface area contributed by atoms with Gasteiger partial charge < -0.3 is 19.1 Å². The molecule has 236 valence electrons. The zero-order chi connectivity index (χ0) is 30.3. The first-order chi connectivity index (χ1) is 22.0. The van der Waals surface area contributed by atoms with Crippen LogP contribution in [0.15, 0.2) is 18.5 Å². The molecule has 1 saturated carbocycles. The fourth-order valence-electron chi connectivity index (χ4n) is 8.51. The number of pyridine rings is 1. The Hall–Kier alpha value is -3.48. The first-order valence-corrected chi connectivity index (χ1v) is 16.3. The number of H-pyrrole nitrogens is 1. The average Bonchev–Trinajstić information content (AvgIpc) is 3.28. The molecule has 12 heteroatoms. The van der Waals surface area contributed by atoms with Crippen molar-refractivity contribution in [3.8, 4) is 17.3 Å². The Balaban J connectivity index is 1.21. The summed E-state index contributed by atoms with van der Waals surface area (Å²) in [5.74, 6) is 0.797. The van der Waals surface area contributed by atoms with E-state index in [0.29, 0.717) is 63.0 Å². The van der Waals surface area contributed by atoms with Crippen molar-refractivity contribution in [2.24, 2.45) is 5.92 Å². The van der Waals surface area contributed by atoms with Crippen LogP contribution in [0.1, 0.15) is 49.1 Å². The number of halogens is 2. The summed E-state index contributed by atoms with van der Waals surface area (Å²) in [7, 11) is 0. The Morgan fingerprint density at radius 2 is 2.09 bits per heavy atom. The largest absolute Gasteiger partial charge is 0.461 e. The van der Waals surface area contributed by atoms with E-state index in [2.05, 4.69) is 33.0 Å². The number of nitrogens with one attached hydrogen (secondary N) is 1. The third-order valence-corrected chi connectivity index (χ3v) is 10.8. The maximum atomic E-state index is 17.1. The van der Waals surface area contributed by atoms with E-state index in [1.54, 1.807) is 12.4 Å². The molecule has 10 nitrogen and oxygen atoms in total. The van der Waals surface area contributed by atoms with Gasteiger partial charge in [0.25, 0.3) is 0 Å². The summed E-state index contributed by atoms with van der Waals surface area (Å²) < 4.78 is 50.1. The Morgan fingerprint density at radius 1 is 1.16 bits per heavy atom. The van der Waals surface area contributed by atoms with Gasteiger partial charge in [0.1, 0.15) is 29.8 Å². The molecule has 0 radical (unpaired) electrons. The monoisotopic (exact) mass is 617 g/mol. The van der Waals surface area contributed by atoms with Crippen LogP contribution < -0.4 is 9.64 Å². The fraction of sp³-hybridized carbons (Fsp3) is 0.576. The van der Waals surface area contributed by atoms with Crippen molar-refractivity contribution < 1.29 is 23.0 Å². The highest BCUT2D eigenvalue weighted by Gasteiger charge is 2.49. The fourth-order valence-corrected chi connectivity index (χ4v) is 8.51. The van der Waals surface area contributed by atoms with E-state index in [4.69, 9.17) is 29.2 Å². The van der Waals surface area contributed by atoms with Crippen molar-refractivity contribution in [2.75, 3.05) is 57.5 Å². The van der Waals surface area contributed by atoms with Gasteiger partial charge in [-0.2, -0.15) is 15.1 Å². The highest BCUT2D eigenvalue weighted by molar-refractivity contribution is 6.00. The van der Waals surface area contributed by atoms with Crippen molar-refractivity contribution >= 4 is 27.6 Å². The number of benzene rings is 1. The number of anilines is 1. The number of fused-ring (bicyclic) bond motifs is 6. The number of aromatic amines is 1. The Bertz CT molecular complexity index is 1800. The summed E-state index contributed by atoms with van der Waals surface area (Å²) in [6, 6.07) is 2.19. The van der Waals surface area contributed by atoms with Crippen LogP contribution in [0.4, 0.5) is 14.6 Å². The van der Waals surface area contributed by atoms with Gasteiger partial charge in [-0.1, -0.05) is 0 Å². The van der Waals surface area contributed by atoms with E-state index < -0.39 is 12.0 Å². The van der Waals surface area contributed by atoms with Gasteiger partial charge in [0.15, 0.2) is 5.82 Å². The van der Waals surface area contributed by atoms with Crippen LogP contribution in [0.25, 0.3) is 33.1 Å². The third-order valence-electron chi connectivity index (χ3n) is 10.8. The van der Waals surface area contributed by atoms with E-state index >= 15 is 4.39 Å². The van der Waals surface area contributed by atoms with Crippen LogP contribution in [0.2, 0.25) is 0 Å². The molecule has 5 atom stereocenters. The lowest BCUT2D eigenvalue weighted by Crippen LogP contribution is -2.45. The minimum absolute atomic E-state index is 0.0951. The second-order valence-electron chi connectivity index (χ2n) is 13.6. The Morgan fingerprint density at radius 3 is 3.02 bits per heavy atom. The molecule has 8 heterocycles. The van der Waals surface area contributed by atoms with Crippen LogP contribution in [0.3, 0.4) is 0 Å². The molecule has 1 aromatic carbocycles. The molecule has 4 aromatic rings. The number of rotatable bonds is 3. The zero-order valence-electron chi connectivity index (χ0n) is 25.4. The topological polar surface area (TPSA) is 102 Å². The van der Waals surface area contributed by atoms with Crippen LogP contribution in [0.5, 0.6) is 6.01 Å². The Kier molecular flexibility index (Phi) is 6.51. The zero-order valence-corrected chi connectivity index (χ0v) is 25.4. The van der Waals surface area contributed by atoms with Crippen molar-refractivity contribution in [1.82, 2.24) is 30.0 Å². The van der Waals surface area contributed by atoms with Crippen molar-refractivity contribution in [3.63, 3.8) is 0 Å². The summed E-state index contributed by atoms with van der Waals surface area (Å²) in [4.78, 5) is 18.6. The molecular weight excluding hydrogens is 580 g/mol. The van der Waals surface area contributed by atoms with Gasteiger partial charge in [0, 0.05) is 49.8 Å². The minimum atomic E-state index is -0.873. The predicted octanol–water partition coefficient (Wildman–Crippen LogP) is 4.70. The molecule has 6 aliphatic rings. The van der Waals surface area contributed by atoms with Gasteiger partial charge in [-0.3, -0.25) is 15.0 Å². The summed E-state index contributed by atoms with van der Waals surface area (Å²) in [6.45, 7) is 6.37. The summed E-state index contributed by atoms with van der Waals surface area (Å²) in [5, 5.41) is 8.74. The standard InChI is InChI=1S/C33H37F2N7O3/c1-18-9-25-23(13-37-40-25)27-26(18)22-10-19(22)3-7-43-16-21-15-41(6-8-44-21)31-24-12-36-30(27)28(35)29(24)38-32(39-31)45-17-33-4-2-5-42(33)14-20(34)11-33/h9,12-13,19-22H,2-8,10-11,14-17H2,1H3,(H,37,40)/t19-,20+,21+,22+,33-/m0/s1. The molecule has 5 aliphatic heterocycles. The lowest BCUT2D eigenvalue weighted by molar-refractivity contribution is -0.0248. The summed E-state index contributed by atoms with van der Waals surface area (Å²) in [6.07, 6.45) is 6.69. The first kappa shape index (κ1) is 27.8. The Labute approximate surface area is 259 Å². The molecule has 6 bridgehead atoms. The summed E-state index contributed by atoms with van der Waals surface area (Å²) >= 11 is 0. The quantitative estimate of drug-likeness (QED) is 0.351. The normalized spacial score (nSPS) is 29.8. The maximum absolute atomic E-state index is 17.1. The molecule has 1 N–H and O–H groups in total. The SMILES string of the molecule is Cc1cc2[nH]ncc2c2c1[C@@H]1C[C@@H]1CCOC[C@H]1CN(CCO1)c1nc(OC[C@@]34CCCN3C[C@H](F)C4)nc3c(F)c-2ncc13. The molecule has 0 amide bonds. The molecule has 0 unspecified atom stereocenters. The van der Waals surface area contributed by atoms with Gasteiger partial charge >= 0.3 is 6.01 Å². The lowest BCUT2D eigenvalue weighted by atomic mass is 9.91. The predicted molar refractivity (Wildman–Crippen MR) is 164 cm³/mol. The molecular formula is C33H37F2N7O3. The number of aromatic nitrogens is 5. The average molecular weight is 618 g/mol. The second kappa shape index (κ2) is 10.5. The van der Waals surface area contributed by atoms with Gasteiger partial charge in [0.2, 0.25) is 0 Å². The van der Waals surface area contributed by atoms with E-state index in [-0.39, 0.29) is 41.4 Å². The van der Waals surface area contributed by atoms with E-state index in [0.717, 1.165) is 59.8 Å². The minimum Gasteiger partial charge on any atom is -0.461 e. The van der Waals surface area contributed by atoms with Crippen LogP contribution in [-0.4, -0.2) is 100 Å². The van der Waals surface area contributed by atoms with Gasteiger partial charge in [-0.15, -0.1) is 0 Å². The van der Waals surface area contributed by atoms with E-state index in [9.17, 15) is 4.39 Å². The number of morpholine rings is 1. The molecule has 3 saturated heterocycles. The number of nitrogens with zero attached hydrogens (tertiary/aromatic N) is 6. The first-order valence-electron chi connectivity index (χ1n) is 16.3. The maximum Gasteiger partial charge on any atom is 0.319 e. The lowest BCUT2D eigenvalue weighted by Gasteiger charge is -2.34. The molecule has 3 aromatic heterocycles. The number of hydrogen-bond acceptors (Lipinski definition) is 9. The van der Waals surface area contributed by atoms with E-state index in [1.807, 2.05) is 0 Å². The van der Waals surface area contributed by atoms with Crippen LogP contribution >= 0.6 is 0 Å². The highest BCUT2D eigenvalue weighted by atomic mass is 19.1. The molecule has 45 heavy (non-hydrogen) atoms. The second-order valence-corrected chi connectivity index (χ2v) is 13.6. The number of ether oxygens (including phenoxy) is 3. The van der Waals surface area contributed by atoms with Gasteiger partial charge in [0.05, 0.1) is 42.0 Å². The third kappa shape index (κ3) is 4.58. The van der Waals surface area contributed by atoms with Crippen molar-refractivity contribution in [3.05, 3.63) is 35.4 Å². The molecule has 4 fully saturated rings. The van der Waals surface area contributed by atoms with Crippen LogP contribution in [-0.2, 0) is 9.47 Å². The highest BCUT2D eigenvalue weighted by Crippen LogP contribution is 2.54. The summed E-state index contributed by atoms with van der Waals surface area (Å²) in [5.41, 5.74) is 3.86. The van der Waals surface area contributed by atoms with Crippen molar-refractivity contribution in [2.45, 2.75) is 62.8 Å². The number of alkyl halides is 1. The van der Waals surface area contributed by atoms with Crippen molar-refractivity contribution in [1.29, 1.82) is 0 Å². The van der Waals surface area contributed by atoms with Crippen LogP contribution in [0, 0.1) is 18.7 Å². The number of aryl methyl sites for hydroxylation is 1. The smallest absolute Gasteiger partial charge is 0.319 e. The van der Waals surface area contributed by atoms with Gasteiger partial charge in [-0.05, 0) is 68.2 Å². The molecule has 0 spiro atoms. The van der Waals surface area contributed by atoms with Gasteiger partial charge in [-0.25, -0.2) is 8.78 Å². The molecule has 1 aliphatic carbocycles.